The molecule has 0 aliphatic carbocycles. The van der Waals surface area contributed by atoms with Crippen LogP contribution in [0.15, 0.2) is 36.4 Å². The van der Waals surface area contributed by atoms with Crippen LogP contribution >= 0.6 is 11.6 Å². The van der Waals surface area contributed by atoms with E-state index in [1.807, 2.05) is 48.6 Å². The van der Waals surface area contributed by atoms with E-state index in [1.165, 1.54) is 0 Å². The first-order chi connectivity index (χ1) is 12.6. The van der Waals surface area contributed by atoms with Crippen LogP contribution in [0.5, 0.6) is 0 Å². The van der Waals surface area contributed by atoms with Gasteiger partial charge in [-0.3, -0.25) is 0 Å². The maximum Gasteiger partial charge on any atom is 0.167 e. The zero-order valence-corrected chi connectivity index (χ0v) is 14.2. The van der Waals surface area contributed by atoms with E-state index < -0.39 is 5.82 Å². The minimum atomic E-state index is -0.498. The molecule has 0 fully saturated rings. The second kappa shape index (κ2) is 5.68. The highest BCUT2D eigenvalue weighted by Crippen LogP contribution is 2.26. The molecule has 3 aromatic rings. The third-order valence-corrected chi connectivity index (χ3v) is 4.59. The summed E-state index contributed by atoms with van der Waals surface area (Å²) >= 11 is 6.15. The first kappa shape index (κ1) is 15.1. The van der Waals surface area contributed by atoms with Crippen molar-refractivity contribution in [3.63, 3.8) is 0 Å². The predicted molar refractivity (Wildman–Crippen MR) is 104 cm³/mol. The summed E-state index contributed by atoms with van der Waals surface area (Å²) in [5.74, 6) is -0.498. The molecule has 6 heteroatoms. The van der Waals surface area contributed by atoms with Crippen LogP contribution in [0.4, 0.5) is 4.39 Å². The molecule has 0 saturated carbocycles. The maximum absolute atomic E-state index is 14.5. The monoisotopic (exact) mass is 362 g/mol. The van der Waals surface area contributed by atoms with Crippen molar-refractivity contribution in [2.24, 2.45) is 0 Å². The molecule has 8 bridgehead atoms. The van der Waals surface area contributed by atoms with Gasteiger partial charge in [0, 0.05) is 11.0 Å². The van der Waals surface area contributed by atoms with E-state index >= 15 is 0 Å². The van der Waals surface area contributed by atoms with Gasteiger partial charge in [0.15, 0.2) is 5.82 Å². The normalized spacial score (nSPS) is 12.7. The van der Waals surface area contributed by atoms with Crippen LogP contribution < -0.4 is 0 Å². The number of rotatable bonds is 0. The number of aromatic nitrogens is 4. The third kappa shape index (κ3) is 2.62. The zero-order valence-electron chi connectivity index (χ0n) is 13.4. The van der Waals surface area contributed by atoms with Gasteiger partial charge < -0.3 is 9.97 Å². The Hall–Kier alpha value is -3.18. The molecule has 3 aromatic heterocycles. The quantitative estimate of drug-likeness (QED) is 0.385. The molecule has 2 N–H and O–H groups in total. The lowest BCUT2D eigenvalue weighted by Crippen LogP contribution is -1.76. The molecule has 2 aliphatic rings. The van der Waals surface area contributed by atoms with E-state index in [0.29, 0.717) is 22.4 Å². The van der Waals surface area contributed by atoms with Gasteiger partial charge in [0.2, 0.25) is 0 Å². The van der Waals surface area contributed by atoms with Gasteiger partial charge in [-0.2, -0.15) is 0 Å². The van der Waals surface area contributed by atoms with E-state index in [4.69, 9.17) is 11.6 Å². The molecule has 126 valence electrons. The number of nitrogens with zero attached hydrogens (tertiary/aromatic N) is 2. The van der Waals surface area contributed by atoms with E-state index in [0.717, 1.165) is 22.4 Å². The second-order valence-corrected chi connectivity index (χ2v) is 6.49. The third-order valence-electron chi connectivity index (χ3n) is 4.22. The number of aromatic amines is 2. The summed E-state index contributed by atoms with van der Waals surface area (Å²) < 4.78 is 14.5. The van der Waals surface area contributed by atoms with Crippen molar-refractivity contribution in [1.29, 1.82) is 0 Å². The average Bonchev–Trinajstić information content (AvgIpc) is 3.38. The highest BCUT2D eigenvalue weighted by Gasteiger charge is 2.10. The summed E-state index contributed by atoms with van der Waals surface area (Å²) in [5, 5.41) is 0.0426. The smallest absolute Gasteiger partial charge is 0.167 e. The number of fused-ring (bicyclic) bond motifs is 8. The van der Waals surface area contributed by atoms with Crippen LogP contribution in [0.1, 0.15) is 22.8 Å². The molecule has 0 amide bonds. The molecular weight excluding hydrogens is 351 g/mol. The fraction of sp³-hybridized carbons (Fsp3) is 0. The number of nitrogens with one attached hydrogen (secondary N) is 2. The fourth-order valence-corrected chi connectivity index (χ4v) is 3.22. The van der Waals surface area contributed by atoms with E-state index in [-0.39, 0.29) is 5.02 Å². The topological polar surface area (TPSA) is 57.4 Å². The van der Waals surface area contributed by atoms with Crippen LogP contribution in [0.2, 0.25) is 5.02 Å². The first-order valence-corrected chi connectivity index (χ1v) is 8.44. The summed E-state index contributed by atoms with van der Waals surface area (Å²) in [5.41, 5.74) is 5.59. The van der Waals surface area contributed by atoms with Crippen molar-refractivity contribution < 1.29 is 4.39 Å². The van der Waals surface area contributed by atoms with Crippen LogP contribution in [-0.4, -0.2) is 19.9 Å². The number of halogens is 2. The summed E-state index contributed by atoms with van der Waals surface area (Å²) in [6, 6.07) is 11.2. The van der Waals surface area contributed by atoms with Gasteiger partial charge in [0.1, 0.15) is 5.02 Å². The highest BCUT2D eigenvalue weighted by atomic mass is 35.5. The van der Waals surface area contributed by atoms with Gasteiger partial charge in [-0.25, -0.2) is 14.4 Å². The molecular formula is C20H12ClFN4. The van der Waals surface area contributed by atoms with Gasteiger partial charge in [0.05, 0.1) is 33.8 Å². The van der Waals surface area contributed by atoms with Crippen LogP contribution in [0.25, 0.3) is 46.4 Å². The predicted octanol–water partition coefficient (Wildman–Crippen LogP) is 5.45. The molecule has 0 unspecified atom stereocenters. The number of hydrogen-bond donors (Lipinski definition) is 2. The fourth-order valence-electron chi connectivity index (χ4n) is 3.01. The van der Waals surface area contributed by atoms with Gasteiger partial charge in [0.25, 0.3) is 0 Å². The first-order valence-electron chi connectivity index (χ1n) is 8.06. The molecule has 4 nitrogen and oxygen atoms in total. The average molecular weight is 363 g/mol. The molecule has 26 heavy (non-hydrogen) atoms. The molecule has 0 radical (unpaired) electrons. The van der Waals surface area contributed by atoms with Crippen LogP contribution in [0, 0.1) is 5.82 Å². The van der Waals surface area contributed by atoms with Gasteiger partial charge in [-0.1, -0.05) is 11.6 Å². The van der Waals surface area contributed by atoms with E-state index in [2.05, 4.69) is 19.9 Å². The summed E-state index contributed by atoms with van der Waals surface area (Å²) in [4.78, 5) is 15.3. The van der Waals surface area contributed by atoms with Crippen molar-refractivity contribution in [2.45, 2.75) is 0 Å². The molecule has 0 atom stereocenters. The van der Waals surface area contributed by atoms with E-state index in [9.17, 15) is 4.39 Å². The van der Waals surface area contributed by atoms with Gasteiger partial charge in [-0.15, -0.1) is 0 Å². The minimum absolute atomic E-state index is 0.0426. The van der Waals surface area contributed by atoms with Gasteiger partial charge >= 0.3 is 0 Å². The Morgan fingerprint density at radius 1 is 0.692 bits per heavy atom. The Kier molecular flexibility index (Phi) is 3.30. The lowest BCUT2D eigenvalue weighted by Gasteiger charge is -1.86. The van der Waals surface area contributed by atoms with E-state index in [1.54, 1.807) is 12.1 Å². The molecule has 0 aromatic carbocycles. The largest absolute Gasteiger partial charge is 0.355 e. The standard InChI is InChI=1S/C20H12ClFN4/c21-19-17-9-15-5-3-13(24-15)7-11-1-2-12(23-11)8-14-4-6-16(25-14)10-18(26-17)20(19)22/h1-10,23,26H. The minimum Gasteiger partial charge on any atom is -0.355 e. The van der Waals surface area contributed by atoms with Crippen molar-refractivity contribution in [1.82, 2.24) is 19.9 Å². The number of H-pyrrole nitrogens is 2. The van der Waals surface area contributed by atoms with Crippen molar-refractivity contribution in [3.8, 4) is 0 Å². The molecule has 2 aliphatic heterocycles. The molecule has 5 heterocycles. The SMILES string of the molecule is Fc1c(Cl)c2cc3nc(cc4ccc(cc5nc(cc1[nH]2)C=C5)[nH]4)C=C3. The Labute approximate surface area is 152 Å². The van der Waals surface area contributed by atoms with Crippen molar-refractivity contribution in [2.75, 3.05) is 0 Å². The van der Waals surface area contributed by atoms with Gasteiger partial charge in [-0.05, 0) is 60.7 Å². The maximum atomic E-state index is 14.5. The Bertz CT molecular complexity index is 1170. The summed E-state index contributed by atoms with van der Waals surface area (Å²) in [6.07, 6.45) is 7.48. The second-order valence-electron chi connectivity index (χ2n) is 6.12. The summed E-state index contributed by atoms with van der Waals surface area (Å²) in [6.45, 7) is 0. The Morgan fingerprint density at radius 3 is 1.77 bits per heavy atom. The Morgan fingerprint density at radius 2 is 1.19 bits per heavy atom. The molecule has 0 spiro atoms. The summed E-state index contributed by atoms with van der Waals surface area (Å²) in [7, 11) is 0. The highest BCUT2D eigenvalue weighted by molar-refractivity contribution is 6.34. The molecule has 5 rings (SSSR count). The molecule has 0 saturated heterocycles. The zero-order chi connectivity index (χ0) is 17.7. The number of hydrogen-bond acceptors (Lipinski definition) is 2. The van der Waals surface area contributed by atoms with Crippen molar-refractivity contribution in [3.05, 3.63) is 70.0 Å². The lowest BCUT2D eigenvalue weighted by atomic mass is 10.3. The lowest BCUT2D eigenvalue weighted by molar-refractivity contribution is 0.642. The van der Waals surface area contributed by atoms with Crippen LogP contribution in [0.3, 0.4) is 0 Å². The van der Waals surface area contributed by atoms with Crippen molar-refractivity contribution >= 4 is 58.0 Å². The van der Waals surface area contributed by atoms with Crippen LogP contribution in [-0.2, 0) is 0 Å². The Balaban J connectivity index is 1.89.